The molecule has 2 atom stereocenters. The maximum atomic E-state index is 13.2. The van der Waals surface area contributed by atoms with Crippen LogP contribution in [0.5, 0.6) is 17.2 Å². The molecule has 3 aromatic rings. The third kappa shape index (κ3) is 5.50. The number of piperazine rings is 1. The second-order valence-electron chi connectivity index (χ2n) is 8.58. The summed E-state index contributed by atoms with van der Waals surface area (Å²) in [6, 6.07) is 21.3. The number of β-amino-alcohol motifs (C(OH)–C–C–N with tert-alkyl or cyclic N) is 1. The highest BCUT2D eigenvalue weighted by atomic mass is 16.5. The van der Waals surface area contributed by atoms with E-state index >= 15 is 0 Å². The second-order valence-corrected chi connectivity index (χ2v) is 8.58. The predicted molar refractivity (Wildman–Crippen MR) is 129 cm³/mol. The lowest BCUT2D eigenvalue weighted by atomic mass is 9.99. The van der Waals surface area contributed by atoms with E-state index in [0.717, 1.165) is 6.42 Å². The van der Waals surface area contributed by atoms with Gasteiger partial charge in [0.15, 0.2) is 0 Å². The molecule has 1 amide bonds. The Morgan fingerprint density at radius 3 is 2.44 bits per heavy atom. The molecule has 4 rings (SSSR count). The van der Waals surface area contributed by atoms with Gasteiger partial charge < -0.3 is 25.0 Å². The zero-order chi connectivity index (χ0) is 24.1. The minimum absolute atomic E-state index is 0.0523. The Hall–Kier alpha value is -3.55. The summed E-state index contributed by atoms with van der Waals surface area (Å²) in [5, 5.41) is 31.2. The first kappa shape index (κ1) is 23.6. The van der Waals surface area contributed by atoms with Crippen LogP contribution in [0, 0.1) is 0 Å². The van der Waals surface area contributed by atoms with Crippen LogP contribution in [-0.4, -0.2) is 63.5 Å². The number of rotatable bonds is 7. The van der Waals surface area contributed by atoms with Gasteiger partial charge in [0.25, 0.3) is 5.91 Å². The standard InChI is InChI=1S/C27H30N2O5/c1-34-24-12-8-20(9-13-24)27(33)28-17-22(10-7-19-5-3-2-4-6-19)29(26(32)18-28)16-21-15-23(30)11-14-25(21)31/h2-6,8-9,11-15,22,26,30-32H,7,10,16-18H2,1H3/t22-,26?/m0/s1. The number of aliphatic hydroxyl groups excluding tert-OH is 1. The lowest BCUT2D eigenvalue weighted by Gasteiger charge is -2.45. The Morgan fingerprint density at radius 1 is 1.00 bits per heavy atom. The van der Waals surface area contributed by atoms with Crippen molar-refractivity contribution in [1.29, 1.82) is 0 Å². The summed E-state index contributed by atoms with van der Waals surface area (Å²) in [6.45, 7) is 0.839. The summed E-state index contributed by atoms with van der Waals surface area (Å²) in [6.07, 6.45) is 0.580. The van der Waals surface area contributed by atoms with Crippen LogP contribution in [0.25, 0.3) is 0 Å². The minimum atomic E-state index is -0.918. The van der Waals surface area contributed by atoms with Crippen molar-refractivity contribution in [3.63, 3.8) is 0 Å². The summed E-state index contributed by atoms with van der Waals surface area (Å²) in [5.74, 6) is 0.638. The van der Waals surface area contributed by atoms with Crippen molar-refractivity contribution < 1.29 is 24.9 Å². The number of hydrogen-bond donors (Lipinski definition) is 3. The molecule has 178 valence electrons. The van der Waals surface area contributed by atoms with Gasteiger partial charge in [0, 0.05) is 30.3 Å². The molecule has 0 aliphatic carbocycles. The van der Waals surface area contributed by atoms with Crippen molar-refractivity contribution >= 4 is 5.91 Å². The van der Waals surface area contributed by atoms with E-state index < -0.39 is 6.23 Å². The van der Waals surface area contributed by atoms with Crippen LogP contribution in [0.1, 0.15) is 27.9 Å². The maximum absolute atomic E-state index is 13.2. The van der Waals surface area contributed by atoms with Crippen molar-refractivity contribution in [3.05, 3.63) is 89.5 Å². The van der Waals surface area contributed by atoms with Gasteiger partial charge in [-0.2, -0.15) is 0 Å². The number of aromatic hydroxyl groups is 2. The molecule has 1 unspecified atom stereocenters. The van der Waals surface area contributed by atoms with Crippen molar-refractivity contribution in [2.75, 3.05) is 20.2 Å². The number of ether oxygens (including phenoxy) is 1. The number of aryl methyl sites for hydroxylation is 1. The van der Waals surface area contributed by atoms with E-state index in [1.54, 1.807) is 36.3 Å². The third-order valence-corrected chi connectivity index (χ3v) is 6.32. The minimum Gasteiger partial charge on any atom is -0.508 e. The molecule has 0 aromatic heterocycles. The first-order chi connectivity index (χ1) is 16.4. The number of nitrogens with zero attached hydrogens (tertiary/aromatic N) is 2. The van der Waals surface area contributed by atoms with Gasteiger partial charge in [0.2, 0.25) is 0 Å². The van der Waals surface area contributed by atoms with E-state index in [1.807, 2.05) is 23.1 Å². The molecule has 7 nitrogen and oxygen atoms in total. The summed E-state index contributed by atoms with van der Waals surface area (Å²) >= 11 is 0. The number of methoxy groups -OCH3 is 1. The van der Waals surface area contributed by atoms with Gasteiger partial charge in [-0.1, -0.05) is 30.3 Å². The highest BCUT2D eigenvalue weighted by Gasteiger charge is 2.36. The average molecular weight is 463 g/mol. The van der Waals surface area contributed by atoms with Crippen molar-refractivity contribution in [2.24, 2.45) is 0 Å². The van der Waals surface area contributed by atoms with Gasteiger partial charge in [0.05, 0.1) is 13.7 Å². The van der Waals surface area contributed by atoms with Crippen molar-refractivity contribution in [3.8, 4) is 17.2 Å². The average Bonchev–Trinajstić information content (AvgIpc) is 2.86. The molecule has 1 aliphatic rings. The van der Waals surface area contributed by atoms with E-state index in [4.69, 9.17) is 4.74 Å². The lowest BCUT2D eigenvalue weighted by Crippen LogP contribution is -2.59. The summed E-state index contributed by atoms with van der Waals surface area (Å²) < 4.78 is 5.18. The van der Waals surface area contributed by atoms with E-state index in [0.29, 0.717) is 29.8 Å². The fourth-order valence-electron chi connectivity index (χ4n) is 4.43. The molecular weight excluding hydrogens is 432 g/mol. The first-order valence-corrected chi connectivity index (χ1v) is 11.4. The van der Waals surface area contributed by atoms with Gasteiger partial charge in [0.1, 0.15) is 23.5 Å². The van der Waals surface area contributed by atoms with Crippen LogP contribution in [0.2, 0.25) is 0 Å². The maximum Gasteiger partial charge on any atom is 0.254 e. The number of phenols is 2. The fourth-order valence-corrected chi connectivity index (χ4v) is 4.43. The SMILES string of the molecule is COc1ccc(C(=O)N2CC(O)N(Cc3cc(O)ccc3O)[C@@H](CCc3ccccc3)C2)cc1. The van der Waals surface area contributed by atoms with E-state index in [2.05, 4.69) is 12.1 Å². The van der Waals surface area contributed by atoms with Gasteiger partial charge in [-0.3, -0.25) is 9.69 Å². The topological polar surface area (TPSA) is 93.5 Å². The molecule has 1 heterocycles. The predicted octanol–water partition coefficient (Wildman–Crippen LogP) is 3.38. The molecule has 34 heavy (non-hydrogen) atoms. The Bertz CT molecular complexity index is 1100. The molecule has 3 N–H and O–H groups in total. The molecule has 0 spiro atoms. The Kier molecular flexibility index (Phi) is 7.35. The van der Waals surface area contributed by atoms with Crippen LogP contribution < -0.4 is 4.74 Å². The number of amides is 1. The molecule has 3 aromatic carbocycles. The van der Waals surface area contributed by atoms with E-state index in [9.17, 15) is 20.1 Å². The number of phenolic OH excluding ortho intramolecular Hbond substituents is 2. The zero-order valence-corrected chi connectivity index (χ0v) is 19.2. The van der Waals surface area contributed by atoms with Gasteiger partial charge in [-0.25, -0.2) is 0 Å². The molecule has 1 aliphatic heterocycles. The number of hydrogen-bond acceptors (Lipinski definition) is 6. The molecule has 0 radical (unpaired) electrons. The molecule has 1 saturated heterocycles. The van der Waals surface area contributed by atoms with Crippen LogP contribution in [0.3, 0.4) is 0 Å². The highest BCUT2D eigenvalue weighted by Crippen LogP contribution is 2.28. The number of carbonyl (C=O) groups excluding carboxylic acids is 1. The number of aliphatic hydroxyl groups is 1. The van der Waals surface area contributed by atoms with Gasteiger partial charge >= 0.3 is 0 Å². The summed E-state index contributed by atoms with van der Waals surface area (Å²) in [4.78, 5) is 16.8. The second kappa shape index (κ2) is 10.6. The Labute approximate surface area is 199 Å². The summed E-state index contributed by atoms with van der Waals surface area (Å²) in [5.41, 5.74) is 2.24. The van der Waals surface area contributed by atoms with Crippen molar-refractivity contribution in [1.82, 2.24) is 9.80 Å². The van der Waals surface area contributed by atoms with Gasteiger partial charge in [-0.15, -0.1) is 0 Å². The monoisotopic (exact) mass is 462 g/mol. The fraction of sp³-hybridized carbons (Fsp3) is 0.296. The molecule has 7 heteroatoms. The van der Waals surface area contributed by atoms with Crippen LogP contribution >= 0.6 is 0 Å². The van der Waals surface area contributed by atoms with Crippen molar-refractivity contribution in [2.45, 2.75) is 31.7 Å². The smallest absolute Gasteiger partial charge is 0.254 e. The largest absolute Gasteiger partial charge is 0.508 e. The van der Waals surface area contributed by atoms with Gasteiger partial charge in [-0.05, 0) is 60.9 Å². The van der Waals surface area contributed by atoms with E-state index in [-0.39, 0.29) is 36.5 Å². The van der Waals surface area contributed by atoms with Crippen LogP contribution in [0.4, 0.5) is 0 Å². The number of carbonyl (C=O) groups is 1. The Morgan fingerprint density at radius 2 is 1.74 bits per heavy atom. The molecule has 1 fully saturated rings. The number of benzene rings is 3. The molecule has 0 saturated carbocycles. The Balaban J connectivity index is 1.55. The molecular formula is C27H30N2O5. The highest BCUT2D eigenvalue weighted by molar-refractivity contribution is 5.94. The quantitative estimate of drug-likeness (QED) is 0.466. The summed E-state index contributed by atoms with van der Waals surface area (Å²) in [7, 11) is 1.58. The van der Waals surface area contributed by atoms with Crippen LogP contribution in [0.15, 0.2) is 72.8 Å². The normalized spacial score (nSPS) is 18.6. The zero-order valence-electron chi connectivity index (χ0n) is 19.2. The van der Waals surface area contributed by atoms with E-state index in [1.165, 1.54) is 23.8 Å². The lowest BCUT2D eigenvalue weighted by molar-refractivity contribution is -0.0854. The third-order valence-electron chi connectivity index (χ3n) is 6.32. The first-order valence-electron chi connectivity index (χ1n) is 11.4. The molecule has 0 bridgehead atoms. The van der Waals surface area contributed by atoms with Crippen LogP contribution in [-0.2, 0) is 13.0 Å².